The van der Waals surface area contributed by atoms with Gasteiger partial charge in [0.05, 0.1) is 22.0 Å². The van der Waals surface area contributed by atoms with Gasteiger partial charge in [0.2, 0.25) is 10.0 Å². The molecule has 0 aliphatic carbocycles. The molecule has 0 bridgehead atoms. The Kier molecular flexibility index (Phi) is 6.30. The average molecular weight is 345 g/mol. The van der Waals surface area contributed by atoms with Crippen molar-refractivity contribution in [3.8, 4) is 0 Å². The Hall–Kier alpha value is -0.990. The van der Waals surface area contributed by atoms with Gasteiger partial charge in [-0.15, -0.1) is 0 Å². The first-order valence-electron chi connectivity index (χ1n) is 6.24. The summed E-state index contributed by atoms with van der Waals surface area (Å²) in [6.45, 7) is 3.02. The van der Waals surface area contributed by atoms with Crippen molar-refractivity contribution in [2.24, 2.45) is 0 Å². The standard InChI is InChI=1S/C12H16ClF3N2O2S/c1-2-17-7-4-8-21(19,20)18-11-9(12(14,15)16)5-3-6-10(11)13/h3,5-6,17-18H,2,4,7-8H2,1H3. The number of para-hydroxylation sites is 1. The van der Waals surface area contributed by atoms with Crippen LogP contribution < -0.4 is 10.0 Å². The van der Waals surface area contributed by atoms with E-state index in [2.05, 4.69) is 5.32 Å². The molecule has 0 saturated heterocycles. The van der Waals surface area contributed by atoms with Crippen molar-refractivity contribution < 1.29 is 21.6 Å². The molecule has 0 amide bonds. The number of halogens is 4. The highest BCUT2D eigenvalue weighted by atomic mass is 35.5. The molecule has 1 aromatic rings. The first-order valence-corrected chi connectivity index (χ1v) is 8.27. The summed E-state index contributed by atoms with van der Waals surface area (Å²) in [4.78, 5) is 0. The molecule has 1 aromatic carbocycles. The Balaban J connectivity index is 2.92. The normalized spacial score (nSPS) is 12.4. The van der Waals surface area contributed by atoms with E-state index < -0.39 is 27.5 Å². The molecule has 0 radical (unpaired) electrons. The molecule has 0 aliphatic heterocycles. The summed E-state index contributed by atoms with van der Waals surface area (Å²) in [5.41, 5.74) is -1.74. The maximum atomic E-state index is 12.9. The largest absolute Gasteiger partial charge is 0.418 e. The number of hydrogen-bond donors (Lipinski definition) is 2. The molecule has 0 atom stereocenters. The summed E-state index contributed by atoms with van der Waals surface area (Å²) in [7, 11) is -3.89. The summed E-state index contributed by atoms with van der Waals surface area (Å²) in [6.07, 6.45) is -4.40. The van der Waals surface area contributed by atoms with Crippen LogP contribution in [0.1, 0.15) is 18.9 Å². The molecular weight excluding hydrogens is 329 g/mol. The molecule has 0 aromatic heterocycles. The van der Waals surface area contributed by atoms with E-state index >= 15 is 0 Å². The zero-order valence-electron chi connectivity index (χ0n) is 11.3. The maximum Gasteiger partial charge on any atom is 0.418 e. The number of hydrogen-bond acceptors (Lipinski definition) is 3. The van der Waals surface area contributed by atoms with Crippen molar-refractivity contribution in [3.63, 3.8) is 0 Å². The zero-order valence-corrected chi connectivity index (χ0v) is 12.9. The lowest BCUT2D eigenvalue weighted by molar-refractivity contribution is -0.136. The predicted octanol–water partition coefficient (Wildman–Crippen LogP) is 3.10. The molecule has 0 spiro atoms. The van der Waals surface area contributed by atoms with Gasteiger partial charge in [-0.25, -0.2) is 8.42 Å². The molecule has 0 aliphatic rings. The number of sulfonamides is 1. The van der Waals surface area contributed by atoms with Crippen LogP contribution in [0.5, 0.6) is 0 Å². The SMILES string of the molecule is CCNCCCS(=O)(=O)Nc1c(Cl)cccc1C(F)(F)F. The van der Waals surface area contributed by atoms with Crippen LogP contribution in [0.15, 0.2) is 18.2 Å². The van der Waals surface area contributed by atoms with E-state index in [1.165, 1.54) is 6.07 Å². The molecule has 0 saturated carbocycles. The van der Waals surface area contributed by atoms with Crippen molar-refractivity contribution >= 4 is 27.3 Å². The molecular formula is C12H16ClF3N2O2S. The predicted molar refractivity (Wildman–Crippen MR) is 77.0 cm³/mol. The Morgan fingerprint density at radius 3 is 2.52 bits per heavy atom. The Morgan fingerprint density at radius 1 is 1.29 bits per heavy atom. The number of rotatable bonds is 7. The minimum Gasteiger partial charge on any atom is -0.317 e. The highest BCUT2D eigenvalue weighted by Gasteiger charge is 2.35. The van der Waals surface area contributed by atoms with Crippen molar-refractivity contribution in [2.45, 2.75) is 19.5 Å². The van der Waals surface area contributed by atoms with E-state index in [-0.39, 0.29) is 17.2 Å². The first kappa shape index (κ1) is 18.1. The van der Waals surface area contributed by atoms with Crippen LogP contribution in [-0.4, -0.2) is 27.3 Å². The van der Waals surface area contributed by atoms with Gasteiger partial charge in [0.15, 0.2) is 0 Å². The average Bonchev–Trinajstić information content (AvgIpc) is 2.35. The van der Waals surface area contributed by atoms with Gasteiger partial charge in [0.1, 0.15) is 0 Å². The fourth-order valence-corrected chi connectivity index (χ4v) is 3.07. The monoisotopic (exact) mass is 344 g/mol. The van der Waals surface area contributed by atoms with Gasteiger partial charge in [0.25, 0.3) is 0 Å². The number of anilines is 1. The molecule has 1 rings (SSSR count). The fourth-order valence-electron chi connectivity index (χ4n) is 1.63. The highest BCUT2D eigenvalue weighted by Crippen LogP contribution is 2.38. The molecule has 0 fully saturated rings. The van der Waals surface area contributed by atoms with Crippen LogP contribution in [0, 0.1) is 0 Å². The van der Waals surface area contributed by atoms with Crippen molar-refractivity contribution in [3.05, 3.63) is 28.8 Å². The minimum absolute atomic E-state index is 0.287. The first-order chi connectivity index (χ1) is 9.67. The Morgan fingerprint density at radius 2 is 1.95 bits per heavy atom. The van der Waals surface area contributed by atoms with Crippen molar-refractivity contribution in [1.82, 2.24) is 5.32 Å². The van der Waals surface area contributed by atoms with E-state index in [0.717, 1.165) is 12.1 Å². The molecule has 2 N–H and O–H groups in total. The van der Waals surface area contributed by atoms with Gasteiger partial charge in [-0.2, -0.15) is 13.2 Å². The minimum atomic E-state index is -4.69. The number of alkyl halides is 3. The lowest BCUT2D eigenvalue weighted by Crippen LogP contribution is -2.23. The van der Waals surface area contributed by atoms with Crippen LogP contribution in [0.3, 0.4) is 0 Å². The molecule has 120 valence electrons. The summed E-state index contributed by atoms with van der Waals surface area (Å²) < 4.78 is 64.1. The second kappa shape index (κ2) is 7.33. The van der Waals surface area contributed by atoms with Crippen molar-refractivity contribution in [2.75, 3.05) is 23.6 Å². The van der Waals surface area contributed by atoms with Crippen molar-refractivity contribution in [1.29, 1.82) is 0 Å². The van der Waals surface area contributed by atoms with Crippen LogP contribution in [0.2, 0.25) is 5.02 Å². The maximum absolute atomic E-state index is 12.9. The second-order valence-corrected chi connectivity index (χ2v) is 6.54. The van der Waals surface area contributed by atoms with E-state index in [4.69, 9.17) is 11.6 Å². The quantitative estimate of drug-likeness (QED) is 0.747. The van der Waals surface area contributed by atoms with E-state index in [1.807, 2.05) is 11.6 Å². The van der Waals surface area contributed by atoms with Crippen LogP contribution in [0.4, 0.5) is 18.9 Å². The lowest BCUT2D eigenvalue weighted by Gasteiger charge is -2.16. The summed E-state index contributed by atoms with van der Waals surface area (Å²) in [5, 5.41) is 2.64. The van der Waals surface area contributed by atoms with Crippen LogP contribution in [0.25, 0.3) is 0 Å². The molecule has 0 heterocycles. The number of benzene rings is 1. The fraction of sp³-hybridized carbons (Fsp3) is 0.500. The molecule has 21 heavy (non-hydrogen) atoms. The Labute approximate surface area is 126 Å². The van der Waals surface area contributed by atoms with Crippen LogP contribution in [-0.2, 0) is 16.2 Å². The van der Waals surface area contributed by atoms with Gasteiger partial charge in [-0.05, 0) is 31.6 Å². The van der Waals surface area contributed by atoms with Gasteiger partial charge in [-0.1, -0.05) is 24.6 Å². The third-order valence-corrected chi connectivity index (χ3v) is 4.25. The smallest absolute Gasteiger partial charge is 0.317 e. The van der Waals surface area contributed by atoms with Gasteiger partial charge in [-0.3, -0.25) is 4.72 Å². The third-order valence-electron chi connectivity index (χ3n) is 2.59. The summed E-state index contributed by atoms with van der Waals surface area (Å²) >= 11 is 5.69. The van der Waals surface area contributed by atoms with E-state index in [9.17, 15) is 21.6 Å². The van der Waals surface area contributed by atoms with E-state index in [1.54, 1.807) is 0 Å². The van der Waals surface area contributed by atoms with Crippen LogP contribution >= 0.6 is 11.6 Å². The number of nitrogens with one attached hydrogen (secondary N) is 2. The molecule has 0 unspecified atom stereocenters. The van der Waals surface area contributed by atoms with E-state index in [0.29, 0.717) is 13.1 Å². The molecule has 4 nitrogen and oxygen atoms in total. The van der Waals surface area contributed by atoms with Gasteiger partial charge in [0, 0.05) is 0 Å². The third kappa shape index (κ3) is 5.72. The highest BCUT2D eigenvalue weighted by molar-refractivity contribution is 7.92. The van der Waals surface area contributed by atoms with Gasteiger partial charge >= 0.3 is 6.18 Å². The molecule has 9 heteroatoms. The second-order valence-electron chi connectivity index (χ2n) is 4.29. The summed E-state index contributed by atoms with van der Waals surface area (Å²) in [5.74, 6) is -0.289. The lowest BCUT2D eigenvalue weighted by atomic mass is 10.2. The summed E-state index contributed by atoms with van der Waals surface area (Å²) in [6, 6.07) is 3.10. The topological polar surface area (TPSA) is 58.2 Å². The zero-order chi connectivity index (χ0) is 16.1. The Bertz CT molecular complexity index is 576. The van der Waals surface area contributed by atoms with Gasteiger partial charge < -0.3 is 5.32 Å².